The highest BCUT2D eigenvalue weighted by Crippen LogP contribution is 2.30. The van der Waals surface area contributed by atoms with Crippen molar-refractivity contribution in [1.82, 2.24) is 20.2 Å². The summed E-state index contributed by atoms with van der Waals surface area (Å²) in [6.07, 6.45) is 1.33. The Balaban J connectivity index is 1.80. The van der Waals surface area contributed by atoms with Crippen LogP contribution in [0, 0.1) is 0 Å². The predicted molar refractivity (Wildman–Crippen MR) is 106 cm³/mol. The van der Waals surface area contributed by atoms with Gasteiger partial charge in [0.25, 0.3) is 5.56 Å². The first-order valence-electron chi connectivity index (χ1n) is 8.39. The number of thiophene rings is 1. The summed E-state index contributed by atoms with van der Waals surface area (Å²) in [6, 6.07) is 10.9. The number of urea groups is 1. The number of fused-ring (bicyclic) bond motifs is 1. The van der Waals surface area contributed by atoms with Crippen molar-refractivity contribution in [3.8, 4) is 10.4 Å². The summed E-state index contributed by atoms with van der Waals surface area (Å²) in [5.41, 5.74) is 0.222. The first-order chi connectivity index (χ1) is 12.7. The molecular formula is C19H20N4O3S. The number of hydrogen-bond acceptors (Lipinski definition) is 5. The van der Waals surface area contributed by atoms with E-state index in [1.807, 2.05) is 30.3 Å². The molecular weight excluding hydrogens is 364 g/mol. The van der Waals surface area contributed by atoms with Gasteiger partial charge >= 0.3 is 6.03 Å². The largest absolute Gasteiger partial charge is 0.333 e. The maximum absolute atomic E-state index is 12.7. The predicted octanol–water partition coefficient (Wildman–Crippen LogP) is 2.75. The van der Waals surface area contributed by atoms with Gasteiger partial charge in [0, 0.05) is 10.4 Å². The molecule has 2 aromatic heterocycles. The Kier molecular flexibility index (Phi) is 5.09. The average molecular weight is 384 g/mol. The standard InChI is InChI=1S/C19H20N4O3S/c1-19(2,3)22-18(26)21-15(24)10-23-11-20-16-13(17(23)25)9-14(27-16)12-7-5-4-6-8-12/h4-9,11H,10H2,1-3H3,(H2,21,22,24,26). The van der Waals surface area contributed by atoms with E-state index in [4.69, 9.17) is 0 Å². The van der Waals surface area contributed by atoms with E-state index in [0.29, 0.717) is 10.2 Å². The average Bonchev–Trinajstić information content (AvgIpc) is 3.01. The number of rotatable bonds is 3. The highest BCUT2D eigenvalue weighted by molar-refractivity contribution is 7.21. The van der Waals surface area contributed by atoms with Crippen molar-refractivity contribution in [3.63, 3.8) is 0 Å². The number of aromatic nitrogens is 2. The van der Waals surface area contributed by atoms with Gasteiger partial charge in [-0.15, -0.1) is 11.3 Å². The molecule has 0 saturated carbocycles. The topological polar surface area (TPSA) is 93.1 Å². The fraction of sp³-hybridized carbons (Fsp3) is 0.263. The van der Waals surface area contributed by atoms with Crippen molar-refractivity contribution in [2.45, 2.75) is 32.9 Å². The molecule has 7 nitrogen and oxygen atoms in total. The lowest BCUT2D eigenvalue weighted by atomic mass is 10.1. The zero-order valence-corrected chi connectivity index (χ0v) is 16.1. The molecule has 0 bridgehead atoms. The molecule has 0 aliphatic rings. The number of nitrogens with zero attached hydrogens (tertiary/aromatic N) is 2. The van der Waals surface area contributed by atoms with E-state index in [1.165, 1.54) is 22.2 Å². The van der Waals surface area contributed by atoms with Crippen LogP contribution in [0.4, 0.5) is 4.79 Å². The van der Waals surface area contributed by atoms with Crippen LogP contribution in [0.5, 0.6) is 0 Å². The van der Waals surface area contributed by atoms with Crippen LogP contribution < -0.4 is 16.2 Å². The molecule has 3 aromatic rings. The minimum atomic E-state index is -0.600. The number of carbonyl (C=O) groups is 2. The SMILES string of the molecule is CC(C)(C)NC(=O)NC(=O)Cn1cnc2sc(-c3ccccc3)cc2c1=O. The molecule has 1 aromatic carbocycles. The van der Waals surface area contributed by atoms with Crippen molar-refractivity contribution in [3.05, 3.63) is 53.1 Å². The van der Waals surface area contributed by atoms with Crippen LogP contribution in [0.3, 0.4) is 0 Å². The van der Waals surface area contributed by atoms with Gasteiger partial charge in [-0.1, -0.05) is 30.3 Å². The molecule has 2 N–H and O–H groups in total. The van der Waals surface area contributed by atoms with Gasteiger partial charge in [0.1, 0.15) is 11.4 Å². The van der Waals surface area contributed by atoms with Crippen LogP contribution in [0.2, 0.25) is 0 Å². The third kappa shape index (κ3) is 4.59. The molecule has 8 heteroatoms. The molecule has 0 aliphatic carbocycles. The number of nitrogens with one attached hydrogen (secondary N) is 2. The number of benzene rings is 1. The smallest absolute Gasteiger partial charge is 0.321 e. The van der Waals surface area contributed by atoms with Gasteiger partial charge in [-0.2, -0.15) is 0 Å². The normalized spacial score (nSPS) is 11.4. The van der Waals surface area contributed by atoms with Gasteiger partial charge < -0.3 is 5.32 Å². The van der Waals surface area contributed by atoms with E-state index < -0.39 is 17.5 Å². The van der Waals surface area contributed by atoms with Crippen molar-refractivity contribution >= 4 is 33.5 Å². The molecule has 0 fully saturated rings. The Morgan fingerprint density at radius 1 is 1.19 bits per heavy atom. The van der Waals surface area contributed by atoms with Crippen LogP contribution in [-0.4, -0.2) is 27.0 Å². The van der Waals surface area contributed by atoms with Crippen molar-refractivity contribution < 1.29 is 9.59 Å². The summed E-state index contributed by atoms with van der Waals surface area (Å²) in [5.74, 6) is -0.585. The summed E-state index contributed by atoms with van der Waals surface area (Å²) in [6.45, 7) is 5.14. The van der Waals surface area contributed by atoms with E-state index in [-0.39, 0.29) is 12.1 Å². The third-order valence-electron chi connectivity index (χ3n) is 3.63. The molecule has 0 unspecified atom stereocenters. The van der Waals surface area contributed by atoms with Crippen molar-refractivity contribution in [1.29, 1.82) is 0 Å². The molecule has 0 spiro atoms. The van der Waals surface area contributed by atoms with E-state index in [9.17, 15) is 14.4 Å². The van der Waals surface area contributed by atoms with E-state index in [1.54, 1.807) is 26.8 Å². The summed E-state index contributed by atoms with van der Waals surface area (Å²) in [7, 11) is 0. The minimum Gasteiger partial charge on any atom is -0.333 e. The molecule has 140 valence electrons. The molecule has 0 aliphatic heterocycles. The number of amides is 3. The first kappa shape index (κ1) is 18.8. The zero-order valence-electron chi connectivity index (χ0n) is 15.3. The molecule has 0 saturated heterocycles. The van der Waals surface area contributed by atoms with E-state index in [0.717, 1.165) is 10.4 Å². The van der Waals surface area contributed by atoms with Gasteiger partial charge in [-0.25, -0.2) is 9.78 Å². The highest BCUT2D eigenvalue weighted by atomic mass is 32.1. The summed E-state index contributed by atoms with van der Waals surface area (Å²) in [4.78, 5) is 42.3. The lowest BCUT2D eigenvalue weighted by molar-refractivity contribution is -0.120. The second-order valence-electron chi connectivity index (χ2n) is 7.13. The maximum atomic E-state index is 12.7. The Morgan fingerprint density at radius 2 is 1.89 bits per heavy atom. The van der Waals surface area contributed by atoms with Gasteiger partial charge in [-0.3, -0.25) is 19.5 Å². The number of imide groups is 1. The summed E-state index contributed by atoms with van der Waals surface area (Å²) < 4.78 is 1.20. The lowest BCUT2D eigenvalue weighted by Crippen LogP contribution is -2.49. The van der Waals surface area contributed by atoms with Gasteiger partial charge in [0.05, 0.1) is 11.7 Å². The quantitative estimate of drug-likeness (QED) is 0.726. The Labute approximate surface area is 160 Å². The van der Waals surface area contributed by atoms with Crippen LogP contribution in [0.1, 0.15) is 20.8 Å². The first-order valence-corrected chi connectivity index (χ1v) is 9.21. The Morgan fingerprint density at radius 3 is 2.56 bits per heavy atom. The summed E-state index contributed by atoms with van der Waals surface area (Å²) >= 11 is 1.42. The fourth-order valence-electron chi connectivity index (χ4n) is 2.51. The third-order valence-corrected chi connectivity index (χ3v) is 4.72. The second kappa shape index (κ2) is 7.32. The van der Waals surface area contributed by atoms with E-state index >= 15 is 0 Å². The number of carbonyl (C=O) groups excluding carboxylic acids is 2. The van der Waals surface area contributed by atoms with Crippen LogP contribution in [-0.2, 0) is 11.3 Å². The molecule has 27 heavy (non-hydrogen) atoms. The molecule has 2 heterocycles. The molecule has 0 radical (unpaired) electrons. The fourth-order valence-corrected chi connectivity index (χ4v) is 3.50. The Bertz CT molecular complexity index is 1050. The molecule has 3 rings (SSSR count). The lowest BCUT2D eigenvalue weighted by Gasteiger charge is -2.20. The summed E-state index contributed by atoms with van der Waals surface area (Å²) in [5, 5.41) is 5.30. The number of hydrogen-bond donors (Lipinski definition) is 2. The monoisotopic (exact) mass is 384 g/mol. The van der Waals surface area contributed by atoms with Gasteiger partial charge in [0.15, 0.2) is 0 Å². The zero-order chi connectivity index (χ0) is 19.6. The highest BCUT2D eigenvalue weighted by Gasteiger charge is 2.17. The second-order valence-corrected chi connectivity index (χ2v) is 8.16. The minimum absolute atomic E-state index is 0.282. The van der Waals surface area contributed by atoms with Gasteiger partial charge in [0.2, 0.25) is 5.91 Å². The Hall–Kier alpha value is -3.00. The van der Waals surface area contributed by atoms with Crippen LogP contribution in [0.25, 0.3) is 20.7 Å². The maximum Gasteiger partial charge on any atom is 0.321 e. The van der Waals surface area contributed by atoms with Gasteiger partial charge in [-0.05, 0) is 32.4 Å². The van der Waals surface area contributed by atoms with Crippen LogP contribution in [0.15, 0.2) is 47.5 Å². The molecule has 3 amide bonds. The van der Waals surface area contributed by atoms with Crippen molar-refractivity contribution in [2.75, 3.05) is 0 Å². The van der Waals surface area contributed by atoms with Crippen molar-refractivity contribution in [2.24, 2.45) is 0 Å². The van der Waals surface area contributed by atoms with E-state index in [2.05, 4.69) is 15.6 Å². The molecule has 0 atom stereocenters. The van der Waals surface area contributed by atoms with Crippen LogP contribution >= 0.6 is 11.3 Å².